The van der Waals surface area contributed by atoms with Crippen LogP contribution in [0.2, 0.25) is 10.3 Å². The number of hydrogen-bond donors (Lipinski definition) is 2. The van der Waals surface area contributed by atoms with E-state index in [0.717, 1.165) is 48.4 Å². The van der Waals surface area contributed by atoms with Gasteiger partial charge in [0, 0.05) is 35.7 Å². The number of morpholine rings is 1. The third kappa shape index (κ3) is 6.83. The quantitative estimate of drug-likeness (QED) is 0.331. The number of rotatable bonds is 7. The summed E-state index contributed by atoms with van der Waals surface area (Å²) in [6.07, 6.45) is 1.99. The Balaban J connectivity index is 1.61. The highest BCUT2D eigenvalue weighted by atomic mass is 35.5. The first-order valence-corrected chi connectivity index (χ1v) is 12.9. The molecule has 3 aromatic rings. The molecule has 2 aromatic carbocycles. The third-order valence-electron chi connectivity index (χ3n) is 6.12. The first kappa shape index (κ1) is 27.0. The summed E-state index contributed by atoms with van der Waals surface area (Å²) >= 11 is 12.2. The van der Waals surface area contributed by atoms with Crippen LogP contribution in [0.5, 0.6) is 0 Å². The molecule has 8 nitrogen and oxygen atoms in total. The number of hydrogen-bond acceptors (Lipinski definition) is 6. The Labute approximate surface area is 227 Å². The number of anilines is 4. The van der Waals surface area contributed by atoms with Crippen LogP contribution in [0.1, 0.15) is 31.9 Å². The summed E-state index contributed by atoms with van der Waals surface area (Å²) in [5.74, 6) is 0.440. The number of nitrogens with zero attached hydrogens (tertiary/aromatic N) is 4. The Morgan fingerprint density at radius 2 is 1.89 bits per heavy atom. The molecule has 1 fully saturated rings. The van der Waals surface area contributed by atoms with Crippen molar-refractivity contribution in [3.63, 3.8) is 0 Å². The SMILES string of the molecule is CC(C)(C)N(C(=O)O)c1cccc(CCc2cc(Nc3nc(Cl)ncc3Cl)ccc2N2CCOCC2)c1. The maximum Gasteiger partial charge on any atom is 0.412 e. The molecular formula is C27H31Cl2N5O3. The van der Waals surface area contributed by atoms with Gasteiger partial charge in [0.2, 0.25) is 5.28 Å². The minimum Gasteiger partial charge on any atom is -0.465 e. The number of benzene rings is 2. The lowest BCUT2D eigenvalue weighted by Gasteiger charge is -2.33. The van der Waals surface area contributed by atoms with Crippen molar-refractivity contribution in [3.05, 3.63) is 70.1 Å². The lowest BCUT2D eigenvalue weighted by atomic mass is 9.99. The van der Waals surface area contributed by atoms with Gasteiger partial charge in [-0.15, -0.1) is 0 Å². The molecule has 1 aliphatic heterocycles. The van der Waals surface area contributed by atoms with Crippen molar-refractivity contribution in [3.8, 4) is 0 Å². The van der Waals surface area contributed by atoms with Gasteiger partial charge in [-0.1, -0.05) is 23.7 Å². The van der Waals surface area contributed by atoms with Crippen LogP contribution in [-0.4, -0.2) is 53.0 Å². The molecule has 2 N–H and O–H groups in total. The molecule has 1 aromatic heterocycles. The average molecular weight is 544 g/mol. The van der Waals surface area contributed by atoms with Gasteiger partial charge in [-0.05, 0) is 86.7 Å². The van der Waals surface area contributed by atoms with Crippen molar-refractivity contribution in [1.29, 1.82) is 0 Å². The van der Waals surface area contributed by atoms with E-state index in [-0.39, 0.29) is 5.28 Å². The van der Waals surface area contributed by atoms with Crippen molar-refractivity contribution in [1.82, 2.24) is 9.97 Å². The summed E-state index contributed by atoms with van der Waals surface area (Å²) in [4.78, 5) is 23.8. The molecule has 1 aliphatic rings. The van der Waals surface area contributed by atoms with E-state index < -0.39 is 11.6 Å². The first-order valence-electron chi connectivity index (χ1n) is 12.1. The van der Waals surface area contributed by atoms with Gasteiger partial charge in [-0.2, -0.15) is 4.98 Å². The first-order chi connectivity index (χ1) is 17.6. The molecular weight excluding hydrogens is 513 g/mol. The molecule has 0 aliphatic carbocycles. The van der Waals surface area contributed by atoms with E-state index in [2.05, 4.69) is 32.3 Å². The monoisotopic (exact) mass is 543 g/mol. The summed E-state index contributed by atoms with van der Waals surface area (Å²) in [6, 6.07) is 13.9. The van der Waals surface area contributed by atoms with Crippen LogP contribution >= 0.6 is 23.2 Å². The zero-order valence-corrected chi connectivity index (χ0v) is 22.7. The highest BCUT2D eigenvalue weighted by Crippen LogP contribution is 2.31. The summed E-state index contributed by atoms with van der Waals surface area (Å²) < 4.78 is 5.55. The van der Waals surface area contributed by atoms with Crippen LogP contribution < -0.4 is 15.1 Å². The number of halogens is 2. The second kappa shape index (κ2) is 11.5. The molecule has 196 valence electrons. The van der Waals surface area contributed by atoms with Crippen molar-refractivity contribution in [2.24, 2.45) is 0 Å². The van der Waals surface area contributed by atoms with Gasteiger partial charge in [-0.3, -0.25) is 4.90 Å². The Morgan fingerprint density at radius 3 is 2.59 bits per heavy atom. The average Bonchev–Trinajstić information content (AvgIpc) is 2.85. The number of aryl methyl sites for hydroxylation is 2. The lowest BCUT2D eigenvalue weighted by Crippen LogP contribution is -2.45. The van der Waals surface area contributed by atoms with E-state index in [4.69, 9.17) is 27.9 Å². The van der Waals surface area contributed by atoms with Crippen LogP contribution in [0.25, 0.3) is 0 Å². The number of carboxylic acid groups (broad SMARTS) is 1. The predicted molar refractivity (Wildman–Crippen MR) is 149 cm³/mol. The van der Waals surface area contributed by atoms with Crippen LogP contribution in [-0.2, 0) is 17.6 Å². The summed E-state index contributed by atoms with van der Waals surface area (Å²) in [7, 11) is 0. The second-order valence-corrected chi connectivity index (χ2v) is 10.6. The molecule has 10 heteroatoms. The Hall–Kier alpha value is -3.07. The van der Waals surface area contributed by atoms with E-state index in [1.165, 1.54) is 11.1 Å². The molecule has 0 radical (unpaired) electrons. The van der Waals surface area contributed by atoms with Gasteiger partial charge >= 0.3 is 6.09 Å². The fraction of sp³-hybridized carbons (Fsp3) is 0.370. The van der Waals surface area contributed by atoms with Crippen LogP contribution in [0.4, 0.5) is 27.7 Å². The second-order valence-electron chi connectivity index (χ2n) is 9.86. The molecule has 2 heterocycles. The zero-order valence-electron chi connectivity index (χ0n) is 21.2. The Bertz CT molecular complexity index is 1260. The molecule has 1 saturated heterocycles. The van der Waals surface area contributed by atoms with Crippen molar-refractivity contribution in [2.45, 2.75) is 39.2 Å². The summed E-state index contributed by atoms with van der Waals surface area (Å²) in [6.45, 7) is 8.68. The smallest absolute Gasteiger partial charge is 0.412 e. The topological polar surface area (TPSA) is 90.8 Å². The normalized spacial score (nSPS) is 13.9. The molecule has 4 rings (SSSR count). The number of aromatic nitrogens is 2. The van der Waals surface area contributed by atoms with Gasteiger partial charge in [0.1, 0.15) is 5.02 Å². The highest BCUT2D eigenvalue weighted by Gasteiger charge is 2.28. The van der Waals surface area contributed by atoms with E-state index >= 15 is 0 Å². The minimum absolute atomic E-state index is 0.114. The maximum absolute atomic E-state index is 12.0. The molecule has 0 saturated carbocycles. The standard InChI is InChI=1S/C27H31Cl2N5O3/c1-27(2,3)34(26(35)36)21-6-4-5-18(15-21)7-8-19-16-20(31-24-22(28)17-30-25(29)32-24)9-10-23(19)33-11-13-37-14-12-33/h4-6,9-10,15-17H,7-8,11-14H2,1-3H3,(H,35,36)(H,30,31,32). The fourth-order valence-corrected chi connectivity index (χ4v) is 4.73. The summed E-state index contributed by atoms with van der Waals surface area (Å²) in [5.41, 5.74) is 4.31. The molecule has 37 heavy (non-hydrogen) atoms. The Morgan fingerprint density at radius 1 is 1.14 bits per heavy atom. The number of amides is 1. The van der Waals surface area contributed by atoms with Gasteiger partial charge in [0.25, 0.3) is 0 Å². The number of ether oxygens (including phenoxy) is 1. The molecule has 0 spiro atoms. The molecule has 0 bridgehead atoms. The van der Waals surface area contributed by atoms with E-state index in [9.17, 15) is 9.90 Å². The lowest BCUT2D eigenvalue weighted by molar-refractivity contribution is 0.122. The van der Waals surface area contributed by atoms with Crippen molar-refractivity contribution in [2.75, 3.05) is 41.4 Å². The maximum atomic E-state index is 12.0. The Kier molecular flexibility index (Phi) is 8.42. The molecule has 0 atom stereocenters. The molecule has 0 unspecified atom stereocenters. The van der Waals surface area contributed by atoms with Crippen LogP contribution in [0.15, 0.2) is 48.7 Å². The van der Waals surface area contributed by atoms with E-state index in [0.29, 0.717) is 29.7 Å². The largest absolute Gasteiger partial charge is 0.465 e. The number of carbonyl (C=O) groups is 1. The fourth-order valence-electron chi connectivity index (χ4n) is 4.46. The van der Waals surface area contributed by atoms with Crippen molar-refractivity contribution >= 4 is 52.2 Å². The predicted octanol–water partition coefficient (Wildman–Crippen LogP) is 6.43. The van der Waals surface area contributed by atoms with E-state index in [1.807, 2.05) is 51.1 Å². The summed E-state index contributed by atoms with van der Waals surface area (Å²) in [5, 5.41) is 13.5. The van der Waals surface area contributed by atoms with Crippen molar-refractivity contribution < 1.29 is 14.6 Å². The highest BCUT2D eigenvalue weighted by molar-refractivity contribution is 6.33. The van der Waals surface area contributed by atoms with Gasteiger partial charge in [0.15, 0.2) is 5.82 Å². The minimum atomic E-state index is -0.971. The van der Waals surface area contributed by atoms with Gasteiger partial charge < -0.3 is 20.1 Å². The third-order valence-corrected chi connectivity index (χ3v) is 6.58. The van der Waals surface area contributed by atoms with Gasteiger partial charge in [-0.25, -0.2) is 9.78 Å². The van der Waals surface area contributed by atoms with Crippen LogP contribution in [0, 0.1) is 0 Å². The van der Waals surface area contributed by atoms with Gasteiger partial charge in [0.05, 0.1) is 19.4 Å². The van der Waals surface area contributed by atoms with E-state index in [1.54, 1.807) is 0 Å². The van der Waals surface area contributed by atoms with Crippen LogP contribution in [0.3, 0.4) is 0 Å². The zero-order chi connectivity index (χ0) is 26.6. The molecule has 1 amide bonds. The number of nitrogens with one attached hydrogen (secondary N) is 1.